The molecule has 1 N–H and O–H groups in total. The second kappa shape index (κ2) is 5.43. The Bertz CT molecular complexity index is 315. The van der Waals surface area contributed by atoms with Gasteiger partial charge in [-0.05, 0) is 41.8 Å². The fourth-order valence-corrected chi connectivity index (χ4v) is 3.32. The Hall–Kier alpha value is 0.1000. The third-order valence-corrected chi connectivity index (χ3v) is 4.33. The summed E-state index contributed by atoms with van der Waals surface area (Å²) < 4.78 is 6.72. The molecular weight excluding hydrogens is 274 g/mol. The summed E-state index contributed by atoms with van der Waals surface area (Å²) in [7, 11) is 0. The monoisotopic (exact) mass is 289 g/mol. The molecule has 0 spiro atoms. The van der Waals surface area contributed by atoms with Crippen molar-refractivity contribution in [1.82, 2.24) is 5.32 Å². The smallest absolute Gasteiger partial charge is 0.0620 e. The van der Waals surface area contributed by atoms with E-state index in [0.29, 0.717) is 12.1 Å². The van der Waals surface area contributed by atoms with Gasteiger partial charge < -0.3 is 10.1 Å². The van der Waals surface area contributed by atoms with Crippen LogP contribution in [-0.4, -0.2) is 25.3 Å². The van der Waals surface area contributed by atoms with E-state index in [-0.39, 0.29) is 0 Å². The third-order valence-electron chi connectivity index (χ3n) is 2.57. The summed E-state index contributed by atoms with van der Waals surface area (Å²) in [6.07, 6.45) is 2.31. The van der Waals surface area contributed by atoms with Crippen molar-refractivity contribution >= 4 is 27.3 Å². The number of nitrogens with one attached hydrogen (secondary N) is 1. The van der Waals surface area contributed by atoms with Crippen LogP contribution in [0.1, 0.15) is 18.2 Å². The van der Waals surface area contributed by atoms with E-state index in [1.54, 1.807) is 0 Å². The van der Waals surface area contributed by atoms with Gasteiger partial charge in [0, 0.05) is 26.8 Å². The van der Waals surface area contributed by atoms with Crippen LogP contribution in [-0.2, 0) is 11.2 Å². The van der Waals surface area contributed by atoms with Gasteiger partial charge >= 0.3 is 0 Å². The quantitative estimate of drug-likeness (QED) is 0.924. The fourth-order valence-electron chi connectivity index (χ4n) is 1.85. The molecule has 1 fully saturated rings. The zero-order valence-electron chi connectivity index (χ0n) is 8.83. The summed E-state index contributed by atoms with van der Waals surface area (Å²) in [6, 6.07) is 3.23. The number of halogens is 1. The Kier molecular flexibility index (Phi) is 4.20. The number of rotatable bonds is 3. The molecule has 0 amide bonds. The Balaban J connectivity index is 1.77. The molecule has 1 aliphatic heterocycles. The van der Waals surface area contributed by atoms with Gasteiger partial charge in [-0.25, -0.2) is 0 Å². The molecule has 2 unspecified atom stereocenters. The van der Waals surface area contributed by atoms with E-state index in [1.165, 1.54) is 9.35 Å². The van der Waals surface area contributed by atoms with Crippen LogP contribution >= 0.6 is 27.3 Å². The summed E-state index contributed by atoms with van der Waals surface area (Å²) in [4.78, 5) is 1.45. The van der Waals surface area contributed by atoms with Gasteiger partial charge in [0.15, 0.2) is 0 Å². The number of thiophene rings is 1. The average molecular weight is 290 g/mol. The fraction of sp³-hybridized carbons (Fsp3) is 0.636. The van der Waals surface area contributed by atoms with E-state index >= 15 is 0 Å². The van der Waals surface area contributed by atoms with Gasteiger partial charge in [-0.1, -0.05) is 0 Å². The predicted octanol–water partition coefficient (Wildman–Crippen LogP) is 2.82. The maximum absolute atomic E-state index is 5.52. The van der Waals surface area contributed by atoms with Gasteiger partial charge in [-0.2, -0.15) is 0 Å². The number of aryl methyl sites for hydroxylation is 1. The number of hydrogen-bond acceptors (Lipinski definition) is 3. The van der Waals surface area contributed by atoms with Gasteiger partial charge in [0.05, 0.1) is 13.2 Å². The van der Waals surface area contributed by atoms with E-state index in [0.717, 1.165) is 26.1 Å². The average Bonchev–Trinajstić information content (AvgIpc) is 2.62. The van der Waals surface area contributed by atoms with E-state index in [4.69, 9.17) is 4.74 Å². The third kappa shape index (κ3) is 3.55. The number of morpholine rings is 1. The molecule has 0 bridgehead atoms. The zero-order chi connectivity index (χ0) is 10.7. The van der Waals surface area contributed by atoms with E-state index < -0.39 is 0 Å². The first-order chi connectivity index (χ1) is 7.24. The lowest BCUT2D eigenvalue weighted by Crippen LogP contribution is -2.47. The summed E-state index contributed by atoms with van der Waals surface area (Å²) >= 11 is 5.30. The highest BCUT2D eigenvalue weighted by molar-refractivity contribution is 9.10. The predicted molar refractivity (Wildman–Crippen MR) is 67.5 cm³/mol. The highest BCUT2D eigenvalue weighted by atomic mass is 79.9. The highest BCUT2D eigenvalue weighted by Crippen LogP contribution is 2.21. The summed E-state index contributed by atoms with van der Waals surface area (Å²) in [5, 5.41) is 5.70. The van der Waals surface area contributed by atoms with Crippen molar-refractivity contribution in [3.05, 3.63) is 20.8 Å². The molecule has 1 aliphatic rings. The van der Waals surface area contributed by atoms with Gasteiger partial charge in [-0.15, -0.1) is 11.3 Å². The maximum Gasteiger partial charge on any atom is 0.0620 e. The van der Waals surface area contributed by atoms with Crippen LogP contribution in [0.2, 0.25) is 0 Å². The first kappa shape index (κ1) is 11.6. The molecule has 2 heterocycles. The lowest BCUT2D eigenvalue weighted by molar-refractivity contribution is 0.0484. The van der Waals surface area contributed by atoms with E-state index in [1.807, 2.05) is 11.3 Å². The van der Waals surface area contributed by atoms with Gasteiger partial charge in [0.25, 0.3) is 0 Å². The summed E-state index contributed by atoms with van der Waals surface area (Å²) in [5.74, 6) is 0. The molecule has 0 aliphatic carbocycles. The molecule has 2 atom stereocenters. The molecule has 1 aromatic heterocycles. The Morgan fingerprint density at radius 1 is 1.60 bits per heavy atom. The molecule has 2 nitrogen and oxygen atoms in total. The molecule has 0 aromatic carbocycles. The summed E-state index contributed by atoms with van der Waals surface area (Å²) in [5.41, 5.74) is 0. The van der Waals surface area contributed by atoms with Crippen molar-refractivity contribution in [3.63, 3.8) is 0 Å². The van der Waals surface area contributed by atoms with Crippen LogP contribution in [0.4, 0.5) is 0 Å². The highest BCUT2D eigenvalue weighted by Gasteiger charge is 2.17. The minimum absolute atomic E-state index is 0.499. The Morgan fingerprint density at radius 3 is 3.13 bits per heavy atom. The van der Waals surface area contributed by atoms with E-state index in [9.17, 15) is 0 Å². The van der Waals surface area contributed by atoms with Crippen LogP contribution in [0, 0.1) is 0 Å². The normalized spacial score (nSPS) is 26.8. The number of hydrogen-bond donors (Lipinski definition) is 1. The van der Waals surface area contributed by atoms with Crippen molar-refractivity contribution in [2.45, 2.75) is 31.8 Å². The largest absolute Gasteiger partial charge is 0.378 e. The minimum Gasteiger partial charge on any atom is -0.378 e. The second-order valence-electron chi connectivity index (χ2n) is 4.07. The van der Waals surface area contributed by atoms with E-state index in [2.05, 4.69) is 39.6 Å². The maximum atomic E-state index is 5.52. The molecule has 0 saturated carbocycles. The number of ether oxygens (including phenoxy) is 1. The standard InChI is InChI=1S/C11H16BrNOS/c1-8-5-14-6-10(13-8)2-3-11-4-9(12)7-15-11/h4,7-8,10,13H,2-3,5-6H2,1H3. The SMILES string of the molecule is CC1COCC(CCc2cc(Br)cs2)N1. The second-order valence-corrected chi connectivity index (χ2v) is 5.98. The Labute approximate surface area is 103 Å². The van der Waals surface area contributed by atoms with Crippen molar-refractivity contribution in [2.75, 3.05) is 13.2 Å². The lowest BCUT2D eigenvalue weighted by Gasteiger charge is -2.28. The van der Waals surface area contributed by atoms with Gasteiger partial charge in [-0.3, -0.25) is 0 Å². The molecular formula is C11H16BrNOS. The van der Waals surface area contributed by atoms with Crippen LogP contribution < -0.4 is 5.32 Å². The molecule has 0 radical (unpaired) electrons. The first-order valence-electron chi connectivity index (χ1n) is 5.31. The molecule has 1 saturated heterocycles. The summed E-state index contributed by atoms with van der Waals surface area (Å²) in [6.45, 7) is 3.88. The lowest BCUT2D eigenvalue weighted by atomic mass is 10.1. The van der Waals surface area contributed by atoms with Gasteiger partial charge in [0.1, 0.15) is 0 Å². The van der Waals surface area contributed by atoms with Crippen LogP contribution in [0.5, 0.6) is 0 Å². The Morgan fingerprint density at radius 2 is 2.47 bits per heavy atom. The molecule has 15 heavy (non-hydrogen) atoms. The zero-order valence-corrected chi connectivity index (χ0v) is 11.2. The van der Waals surface area contributed by atoms with Crippen molar-refractivity contribution in [2.24, 2.45) is 0 Å². The van der Waals surface area contributed by atoms with Crippen LogP contribution in [0.25, 0.3) is 0 Å². The molecule has 1 aromatic rings. The van der Waals surface area contributed by atoms with Crippen molar-refractivity contribution in [3.8, 4) is 0 Å². The molecule has 84 valence electrons. The van der Waals surface area contributed by atoms with Gasteiger partial charge in [0.2, 0.25) is 0 Å². The first-order valence-corrected chi connectivity index (χ1v) is 6.98. The van der Waals surface area contributed by atoms with Crippen molar-refractivity contribution in [1.29, 1.82) is 0 Å². The minimum atomic E-state index is 0.499. The van der Waals surface area contributed by atoms with Crippen LogP contribution in [0.3, 0.4) is 0 Å². The van der Waals surface area contributed by atoms with Crippen LogP contribution in [0.15, 0.2) is 15.9 Å². The molecule has 4 heteroatoms. The van der Waals surface area contributed by atoms with Crippen molar-refractivity contribution < 1.29 is 4.74 Å². The molecule has 2 rings (SSSR count). The topological polar surface area (TPSA) is 21.3 Å².